The average molecular weight is 492 g/mol. The number of hydrogen-bond donors (Lipinski definition) is 1. The number of nitrogens with zero attached hydrogens (tertiary/aromatic N) is 1. The topological polar surface area (TPSA) is 76.1 Å². The van der Waals surface area contributed by atoms with Crippen molar-refractivity contribution in [2.75, 3.05) is 18.1 Å². The lowest BCUT2D eigenvalue weighted by Gasteiger charge is -2.25. The fourth-order valence-electron chi connectivity index (χ4n) is 4.20. The van der Waals surface area contributed by atoms with Crippen molar-refractivity contribution >= 4 is 34.7 Å². The largest absolute Gasteiger partial charge is 0.507 e. The van der Waals surface area contributed by atoms with E-state index in [4.69, 9.17) is 21.1 Å². The molecule has 1 fully saturated rings. The second-order valence-corrected chi connectivity index (χ2v) is 8.50. The summed E-state index contributed by atoms with van der Waals surface area (Å²) in [6.07, 6.45) is 0. The Balaban J connectivity index is 1.86. The number of rotatable bonds is 7. The zero-order chi connectivity index (χ0) is 25.1. The lowest BCUT2D eigenvalue weighted by Crippen LogP contribution is -2.29. The molecular weight excluding hydrogens is 466 g/mol. The summed E-state index contributed by atoms with van der Waals surface area (Å²) in [5.74, 6) is -0.391. The molecule has 1 amide bonds. The first-order valence-electron chi connectivity index (χ1n) is 11.4. The molecule has 0 radical (unpaired) electrons. The minimum Gasteiger partial charge on any atom is -0.507 e. The summed E-state index contributed by atoms with van der Waals surface area (Å²) in [6.45, 7) is 6.65. The molecule has 35 heavy (non-hydrogen) atoms. The molecule has 1 aliphatic rings. The maximum absolute atomic E-state index is 13.3. The second kappa shape index (κ2) is 10.2. The smallest absolute Gasteiger partial charge is 0.300 e. The first kappa shape index (κ1) is 24.4. The Morgan fingerprint density at radius 2 is 1.60 bits per heavy atom. The van der Waals surface area contributed by atoms with Gasteiger partial charge in [-0.1, -0.05) is 23.7 Å². The highest BCUT2D eigenvalue weighted by Gasteiger charge is 2.47. The summed E-state index contributed by atoms with van der Waals surface area (Å²) in [6, 6.07) is 18.1. The number of ether oxygens (including phenoxy) is 2. The molecule has 3 aromatic rings. The Kier molecular flexibility index (Phi) is 7.12. The highest BCUT2D eigenvalue weighted by Crippen LogP contribution is 2.43. The second-order valence-electron chi connectivity index (χ2n) is 8.06. The summed E-state index contributed by atoms with van der Waals surface area (Å²) in [5, 5.41) is 11.8. The van der Waals surface area contributed by atoms with Crippen LogP contribution in [0.2, 0.25) is 5.02 Å². The SMILES string of the molecule is CCOc1ccc(N2C(=O)C(=O)/C(=C(\O)c3ccc(OCC)c(C)c3)C2c2ccc(Cl)cc2)cc1. The van der Waals surface area contributed by atoms with Crippen LogP contribution >= 0.6 is 11.6 Å². The van der Waals surface area contributed by atoms with E-state index >= 15 is 0 Å². The molecule has 0 aliphatic carbocycles. The molecule has 6 nitrogen and oxygen atoms in total. The highest BCUT2D eigenvalue weighted by atomic mass is 35.5. The van der Waals surface area contributed by atoms with Gasteiger partial charge in [0.25, 0.3) is 11.7 Å². The van der Waals surface area contributed by atoms with Crippen molar-refractivity contribution in [3.63, 3.8) is 0 Å². The van der Waals surface area contributed by atoms with Crippen LogP contribution in [0.5, 0.6) is 11.5 Å². The van der Waals surface area contributed by atoms with Crippen molar-refractivity contribution < 1.29 is 24.2 Å². The monoisotopic (exact) mass is 491 g/mol. The Morgan fingerprint density at radius 1 is 0.943 bits per heavy atom. The number of aliphatic hydroxyl groups is 1. The highest BCUT2D eigenvalue weighted by molar-refractivity contribution is 6.51. The van der Waals surface area contributed by atoms with Crippen molar-refractivity contribution in [3.05, 3.63) is 94.0 Å². The van der Waals surface area contributed by atoms with E-state index in [-0.39, 0.29) is 11.3 Å². The number of anilines is 1. The van der Waals surface area contributed by atoms with Gasteiger partial charge in [-0.2, -0.15) is 0 Å². The molecular formula is C28H26ClNO5. The average Bonchev–Trinajstić information content (AvgIpc) is 3.11. The zero-order valence-corrected chi connectivity index (χ0v) is 20.5. The van der Waals surface area contributed by atoms with Gasteiger partial charge in [0.1, 0.15) is 17.3 Å². The molecule has 1 saturated heterocycles. The van der Waals surface area contributed by atoms with Gasteiger partial charge in [-0.05, 0) is 86.5 Å². The molecule has 1 N–H and O–H groups in total. The summed E-state index contributed by atoms with van der Waals surface area (Å²) < 4.78 is 11.1. The van der Waals surface area contributed by atoms with Crippen LogP contribution in [0.15, 0.2) is 72.3 Å². The molecule has 1 aliphatic heterocycles. The van der Waals surface area contributed by atoms with Crippen LogP contribution < -0.4 is 14.4 Å². The number of carbonyl (C=O) groups excluding carboxylic acids is 2. The van der Waals surface area contributed by atoms with Gasteiger partial charge in [-0.15, -0.1) is 0 Å². The van der Waals surface area contributed by atoms with Crippen molar-refractivity contribution in [2.24, 2.45) is 0 Å². The summed E-state index contributed by atoms with van der Waals surface area (Å²) >= 11 is 6.09. The number of aryl methyl sites for hydroxylation is 1. The predicted octanol–water partition coefficient (Wildman–Crippen LogP) is 6.07. The maximum atomic E-state index is 13.3. The lowest BCUT2D eigenvalue weighted by molar-refractivity contribution is -0.132. The number of ketones is 1. The number of amides is 1. The van der Waals surface area contributed by atoms with Crippen LogP contribution in [-0.2, 0) is 9.59 Å². The van der Waals surface area contributed by atoms with Gasteiger partial charge in [0.05, 0.1) is 24.8 Å². The van der Waals surface area contributed by atoms with Gasteiger partial charge < -0.3 is 14.6 Å². The number of aliphatic hydroxyl groups excluding tert-OH is 1. The van der Waals surface area contributed by atoms with E-state index in [2.05, 4.69) is 0 Å². The first-order valence-corrected chi connectivity index (χ1v) is 11.8. The van der Waals surface area contributed by atoms with E-state index in [0.29, 0.717) is 46.5 Å². The van der Waals surface area contributed by atoms with E-state index in [9.17, 15) is 14.7 Å². The number of Topliss-reactive ketones (excluding diaryl/α,β-unsaturated/α-hetero) is 1. The lowest BCUT2D eigenvalue weighted by atomic mass is 9.94. The van der Waals surface area contributed by atoms with Crippen molar-refractivity contribution in [1.29, 1.82) is 0 Å². The Hall–Kier alpha value is -3.77. The molecule has 180 valence electrons. The summed E-state index contributed by atoms with van der Waals surface area (Å²) in [5.41, 5.74) is 2.40. The van der Waals surface area contributed by atoms with E-state index < -0.39 is 17.7 Å². The van der Waals surface area contributed by atoms with Gasteiger partial charge in [-0.25, -0.2) is 0 Å². The van der Waals surface area contributed by atoms with Gasteiger partial charge in [0.2, 0.25) is 0 Å². The minimum absolute atomic E-state index is 0.00904. The van der Waals surface area contributed by atoms with Gasteiger partial charge in [-0.3, -0.25) is 14.5 Å². The van der Waals surface area contributed by atoms with Crippen LogP contribution in [0.3, 0.4) is 0 Å². The van der Waals surface area contributed by atoms with Crippen molar-refractivity contribution in [3.8, 4) is 11.5 Å². The molecule has 0 bridgehead atoms. The van der Waals surface area contributed by atoms with Crippen LogP contribution in [-0.4, -0.2) is 30.0 Å². The summed E-state index contributed by atoms with van der Waals surface area (Å²) in [4.78, 5) is 28.0. The van der Waals surface area contributed by atoms with Crippen LogP contribution in [0.1, 0.15) is 36.6 Å². The van der Waals surface area contributed by atoms with Crippen LogP contribution in [0, 0.1) is 6.92 Å². The quantitative estimate of drug-likeness (QED) is 0.246. The first-order chi connectivity index (χ1) is 16.8. The van der Waals surface area contributed by atoms with E-state index in [0.717, 1.165) is 5.56 Å². The Morgan fingerprint density at radius 3 is 2.20 bits per heavy atom. The van der Waals surface area contributed by atoms with Crippen molar-refractivity contribution in [2.45, 2.75) is 26.8 Å². The predicted molar refractivity (Wildman–Crippen MR) is 136 cm³/mol. The summed E-state index contributed by atoms with van der Waals surface area (Å²) in [7, 11) is 0. The van der Waals surface area contributed by atoms with Crippen molar-refractivity contribution in [1.82, 2.24) is 0 Å². The van der Waals surface area contributed by atoms with E-state index in [1.54, 1.807) is 66.7 Å². The molecule has 0 saturated carbocycles. The number of halogens is 1. The molecule has 0 aromatic heterocycles. The molecule has 1 heterocycles. The van der Waals surface area contributed by atoms with Gasteiger partial charge in [0, 0.05) is 16.3 Å². The number of benzene rings is 3. The third-order valence-electron chi connectivity index (χ3n) is 5.80. The van der Waals surface area contributed by atoms with Gasteiger partial charge in [0.15, 0.2) is 0 Å². The molecule has 0 spiro atoms. The normalized spacial score (nSPS) is 17.0. The minimum atomic E-state index is -0.836. The Labute approximate surface area is 209 Å². The fourth-order valence-corrected chi connectivity index (χ4v) is 4.32. The maximum Gasteiger partial charge on any atom is 0.300 e. The molecule has 4 rings (SSSR count). The van der Waals surface area contributed by atoms with E-state index in [1.807, 2.05) is 20.8 Å². The fraction of sp³-hybridized carbons (Fsp3) is 0.214. The third-order valence-corrected chi connectivity index (χ3v) is 6.06. The standard InChI is InChI=1S/C28H26ClNO5/c1-4-34-22-13-11-21(12-14-22)30-25(18-6-9-20(29)10-7-18)24(27(32)28(30)33)26(31)19-8-15-23(35-5-2)17(3)16-19/h6-16,25,31H,4-5H2,1-3H3/b26-24-. The zero-order valence-electron chi connectivity index (χ0n) is 19.7. The Bertz CT molecular complexity index is 1280. The van der Waals surface area contributed by atoms with Crippen LogP contribution in [0.25, 0.3) is 5.76 Å². The molecule has 1 atom stereocenters. The van der Waals surface area contributed by atoms with Gasteiger partial charge >= 0.3 is 0 Å². The number of carbonyl (C=O) groups is 2. The molecule has 3 aromatic carbocycles. The third kappa shape index (κ3) is 4.75. The molecule has 1 unspecified atom stereocenters. The van der Waals surface area contributed by atoms with Crippen LogP contribution in [0.4, 0.5) is 5.69 Å². The molecule has 7 heteroatoms. The number of hydrogen-bond acceptors (Lipinski definition) is 5. The van der Waals surface area contributed by atoms with E-state index in [1.165, 1.54) is 4.90 Å².